The van der Waals surface area contributed by atoms with Crippen LogP contribution in [0.2, 0.25) is 0 Å². The van der Waals surface area contributed by atoms with Gasteiger partial charge in [0.05, 0.1) is 44.3 Å². The lowest BCUT2D eigenvalue weighted by Gasteiger charge is -2.34. The van der Waals surface area contributed by atoms with Crippen molar-refractivity contribution in [3.63, 3.8) is 0 Å². The molecule has 4 N–H and O–H groups in total. The zero-order valence-corrected chi connectivity index (χ0v) is 32.5. The number of aliphatic hydroxyl groups excluding tert-OH is 1. The minimum atomic E-state index is -0.643. The van der Waals surface area contributed by atoms with Crippen LogP contribution in [0.4, 0.5) is 5.82 Å². The number of piperazine rings is 1. The van der Waals surface area contributed by atoms with Crippen molar-refractivity contribution in [2.45, 2.75) is 57.1 Å². The Kier molecular flexibility index (Phi) is 11.4. The molecule has 1 aromatic heterocycles. The van der Waals surface area contributed by atoms with Gasteiger partial charge in [-0.05, 0) is 53.3 Å². The summed E-state index contributed by atoms with van der Waals surface area (Å²) in [5.41, 5.74) is 7.29. The predicted octanol–water partition coefficient (Wildman–Crippen LogP) is 7.17. The van der Waals surface area contributed by atoms with E-state index in [0.717, 1.165) is 47.6 Å². The van der Waals surface area contributed by atoms with Crippen LogP contribution in [-0.4, -0.2) is 73.6 Å². The number of H-pyrrole nitrogens is 1. The number of carbonyl (C=O) groups is 1. The maximum absolute atomic E-state index is 14.5. The van der Waals surface area contributed by atoms with Crippen molar-refractivity contribution in [1.82, 2.24) is 10.3 Å². The van der Waals surface area contributed by atoms with Crippen LogP contribution >= 0.6 is 0 Å². The molecule has 0 spiro atoms. The third kappa shape index (κ3) is 8.04. The van der Waals surface area contributed by atoms with Gasteiger partial charge in [-0.15, -0.1) is 0 Å². The average Bonchev–Trinajstić information content (AvgIpc) is 3.68. The molecule has 3 aliphatic rings. The predicted molar refractivity (Wildman–Crippen MR) is 220 cm³/mol. The summed E-state index contributed by atoms with van der Waals surface area (Å²) in [7, 11) is 1.55. The molecule has 3 unspecified atom stereocenters. The number of methoxy groups -OCH3 is 1. The summed E-state index contributed by atoms with van der Waals surface area (Å²) in [6.45, 7) is 4.84. The van der Waals surface area contributed by atoms with E-state index in [0.29, 0.717) is 55.2 Å². The fourth-order valence-corrected chi connectivity index (χ4v) is 8.06. The number of nitrogens with zero attached hydrogens (tertiary/aromatic N) is 1. The number of benzene rings is 4. The number of fused-ring (bicyclic) bond motifs is 8. The molecule has 4 heterocycles. The van der Waals surface area contributed by atoms with Gasteiger partial charge >= 0.3 is 0 Å². The maximum Gasteiger partial charge on any atom is 0.204 e. The first kappa shape index (κ1) is 38.0. The zero-order chi connectivity index (χ0) is 39.3. The van der Waals surface area contributed by atoms with E-state index in [2.05, 4.69) is 76.4 Å². The molecule has 0 amide bonds. The van der Waals surface area contributed by atoms with Gasteiger partial charge in [0.2, 0.25) is 5.75 Å². The molecule has 57 heavy (non-hydrogen) atoms. The molecule has 4 bridgehead atoms. The van der Waals surface area contributed by atoms with Crippen LogP contribution in [0.25, 0.3) is 11.1 Å². The van der Waals surface area contributed by atoms with Crippen LogP contribution < -0.4 is 29.2 Å². The highest BCUT2D eigenvalue weighted by atomic mass is 16.5. The van der Waals surface area contributed by atoms with Crippen molar-refractivity contribution in [3.05, 3.63) is 118 Å². The molecule has 8 rings (SSSR count). The topological polar surface area (TPSA) is 126 Å². The van der Waals surface area contributed by atoms with E-state index >= 15 is 0 Å². The largest absolute Gasteiger partial charge is 0.508 e. The summed E-state index contributed by atoms with van der Waals surface area (Å²) < 4.78 is 26.3. The number of hydrogen-bond acceptors (Lipinski definition) is 9. The SMILES string of the molecule is CCc1cc2c([nH]1)N1CCNC(C#CC(c3c(OCCc4ccccc4)c(OC)c(OCCCO)c4c3OC(c3ccc(O)cc3)CC4=O)Cc3cccc-2c3)C1. The molecule has 10 heteroatoms. The first-order valence-corrected chi connectivity index (χ1v) is 19.9. The molecular weight excluding hydrogens is 719 g/mol. The molecule has 0 saturated carbocycles. The summed E-state index contributed by atoms with van der Waals surface area (Å²) in [6.07, 6.45) is 1.77. The standard InChI is InChI=1S/C47H49N3O7/c1-3-35-27-38-33-12-7-11-31(25-33)26-34(13-16-36-29-50(21-20-48-36)47(38)49-35)41-43-42(39(53)28-40(57-43)32-14-17-37(52)18-15-32)45(55-23-8-22-51)46(54-2)44(41)56-24-19-30-9-5-4-6-10-30/h4-7,9-12,14-15,17-18,25,27,34,36,40,48-49,51-52H,3,8,19-24,26,28-29H2,1-2H3. The second-order valence-corrected chi connectivity index (χ2v) is 14.8. The van der Waals surface area contributed by atoms with Gasteiger partial charge in [0.1, 0.15) is 29.0 Å². The normalized spacial score (nSPS) is 18.5. The number of aryl methyl sites for hydroxylation is 1. The molecule has 3 aliphatic heterocycles. The highest BCUT2D eigenvalue weighted by Gasteiger charge is 2.40. The number of carbonyl (C=O) groups excluding carboxylic acids is 1. The molecule has 1 fully saturated rings. The number of hydrogen-bond donors (Lipinski definition) is 4. The van der Waals surface area contributed by atoms with Crippen molar-refractivity contribution >= 4 is 11.6 Å². The number of phenols is 1. The number of anilines is 1. The molecular formula is C47H49N3O7. The minimum absolute atomic E-state index is 0.0455. The maximum atomic E-state index is 14.5. The minimum Gasteiger partial charge on any atom is -0.508 e. The third-order valence-corrected chi connectivity index (χ3v) is 10.9. The Hall–Kier alpha value is -5.89. The summed E-state index contributed by atoms with van der Waals surface area (Å²) >= 11 is 0. The van der Waals surface area contributed by atoms with Crippen LogP contribution in [0.15, 0.2) is 84.9 Å². The van der Waals surface area contributed by atoms with Gasteiger partial charge in [-0.1, -0.05) is 85.5 Å². The van der Waals surface area contributed by atoms with Crippen LogP contribution in [0, 0.1) is 11.8 Å². The Bertz CT molecular complexity index is 2270. The highest BCUT2D eigenvalue weighted by molar-refractivity contribution is 6.05. The Morgan fingerprint density at radius 3 is 2.54 bits per heavy atom. The lowest BCUT2D eigenvalue weighted by molar-refractivity contribution is 0.0836. The van der Waals surface area contributed by atoms with Gasteiger partial charge in [0, 0.05) is 50.3 Å². The molecule has 10 nitrogen and oxygen atoms in total. The monoisotopic (exact) mass is 767 g/mol. The number of rotatable bonds is 12. The number of Topliss-reactive ketones (excluding diaryl/α,β-unsaturated/α-hetero) is 1. The van der Waals surface area contributed by atoms with Crippen LogP contribution in [0.5, 0.6) is 28.7 Å². The van der Waals surface area contributed by atoms with Gasteiger partial charge in [-0.2, -0.15) is 0 Å². The van der Waals surface area contributed by atoms with Crippen molar-refractivity contribution < 1.29 is 34.0 Å². The summed E-state index contributed by atoms with van der Waals surface area (Å²) in [5, 5.41) is 23.4. The molecule has 0 aliphatic carbocycles. The third-order valence-electron chi connectivity index (χ3n) is 10.9. The summed E-state index contributed by atoms with van der Waals surface area (Å²) in [5.74, 6) is 9.12. The van der Waals surface area contributed by atoms with Gasteiger partial charge in [-0.25, -0.2) is 0 Å². The number of ketones is 1. The lowest BCUT2D eigenvalue weighted by atomic mass is 9.85. The Balaban J connectivity index is 1.33. The van der Waals surface area contributed by atoms with E-state index in [-0.39, 0.29) is 48.5 Å². The number of ether oxygens (including phenoxy) is 4. The van der Waals surface area contributed by atoms with E-state index in [1.54, 1.807) is 31.4 Å². The number of nitrogens with one attached hydrogen (secondary N) is 2. The van der Waals surface area contributed by atoms with Crippen LogP contribution in [0.3, 0.4) is 0 Å². The molecule has 0 radical (unpaired) electrons. The van der Waals surface area contributed by atoms with Crippen molar-refractivity contribution in [2.75, 3.05) is 51.5 Å². The quantitative estimate of drug-likeness (QED) is 0.0773. The first-order chi connectivity index (χ1) is 27.9. The van der Waals surface area contributed by atoms with Gasteiger partial charge in [0.15, 0.2) is 17.3 Å². The second kappa shape index (κ2) is 17.1. The highest BCUT2D eigenvalue weighted by Crippen LogP contribution is 2.55. The van der Waals surface area contributed by atoms with Crippen molar-refractivity contribution in [3.8, 4) is 51.7 Å². The number of aliphatic hydroxyl groups is 1. The molecule has 3 atom stereocenters. The van der Waals surface area contributed by atoms with E-state index in [4.69, 9.17) is 18.9 Å². The first-order valence-electron chi connectivity index (χ1n) is 19.9. The number of aromatic hydroxyl groups is 1. The average molecular weight is 768 g/mol. The summed E-state index contributed by atoms with van der Waals surface area (Å²) in [6, 6.07) is 27.6. The molecule has 294 valence electrons. The van der Waals surface area contributed by atoms with E-state index in [9.17, 15) is 15.0 Å². The molecule has 5 aromatic rings. The second-order valence-electron chi connectivity index (χ2n) is 14.8. The van der Waals surface area contributed by atoms with Crippen LogP contribution in [0.1, 0.15) is 70.1 Å². The Labute approximate surface area is 333 Å². The summed E-state index contributed by atoms with van der Waals surface area (Å²) in [4.78, 5) is 20.6. The lowest BCUT2D eigenvalue weighted by Crippen LogP contribution is -2.50. The zero-order valence-electron chi connectivity index (χ0n) is 32.5. The fourth-order valence-electron chi connectivity index (χ4n) is 8.06. The fraction of sp³-hybridized carbons (Fsp3) is 0.340. The number of phenolic OH excluding ortho intramolecular Hbond substituents is 1. The van der Waals surface area contributed by atoms with Gasteiger partial charge < -0.3 is 44.4 Å². The molecule has 4 aromatic carbocycles. The molecule has 1 saturated heterocycles. The van der Waals surface area contributed by atoms with E-state index in [1.165, 1.54) is 11.3 Å². The van der Waals surface area contributed by atoms with E-state index < -0.39 is 12.0 Å². The van der Waals surface area contributed by atoms with Crippen LogP contribution in [-0.2, 0) is 19.3 Å². The smallest absolute Gasteiger partial charge is 0.204 e. The Morgan fingerprint density at radius 2 is 1.75 bits per heavy atom. The van der Waals surface area contributed by atoms with Gasteiger partial charge in [0.25, 0.3) is 0 Å². The van der Waals surface area contributed by atoms with Gasteiger partial charge in [-0.3, -0.25) is 4.79 Å². The Morgan fingerprint density at radius 1 is 0.930 bits per heavy atom. The van der Waals surface area contributed by atoms with Crippen molar-refractivity contribution in [1.29, 1.82) is 0 Å². The van der Waals surface area contributed by atoms with Crippen molar-refractivity contribution in [2.24, 2.45) is 0 Å². The van der Waals surface area contributed by atoms with E-state index in [1.807, 2.05) is 18.2 Å². The number of aromatic amines is 1. The number of aromatic nitrogens is 1.